The molecular formula is C28H36N2O4. The molecule has 1 atom stereocenters. The lowest BCUT2D eigenvalue weighted by Gasteiger charge is -2.19. The molecule has 2 N–H and O–H groups in total. The van der Waals surface area contributed by atoms with Crippen LogP contribution in [-0.4, -0.2) is 30.4 Å². The summed E-state index contributed by atoms with van der Waals surface area (Å²) in [5.74, 6) is -0.119. The molecule has 1 aliphatic rings. The molecular weight excluding hydrogens is 428 g/mol. The number of unbranched alkanes of at least 4 members (excludes halogenated alkanes) is 1. The van der Waals surface area contributed by atoms with Gasteiger partial charge in [0, 0.05) is 18.5 Å². The lowest BCUT2D eigenvalue weighted by atomic mass is 10.0. The van der Waals surface area contributed by atoms with Gasteiger partial charge in [-0.1, -0.05) is 69.4 Å². The van der Waals surface area contributed by atoms with E-state index in [0.29, 0.717) is 36.6 Å². The Morgan fingerprint density at radius 2 is 1.71 bits per heavy atom. The first-order valence-corrected chi connectivity index (χ1v) is 12.5. The van der Waals surface area contributed by atoms with Gasteiger partial charge in [0.2, 0.25) is 11.8 Å². The minimum absolute atomic E-state index is 0.0897. The Kier molecular flexibility index (Phi) is 10.1. The van der Waals surface area contributed by atoms with Gasteiger partial charge in [-0.15, -0.1) is 0 Å². The summed E-state index contributed by atoms with van der Waals surface area (Å²) in [7, 11) is 0. The molecule has 6 heteroatoms. The Balaban J connectivity index is 1.59. The van der Waals surface area contributed by atoms with E-state index >= 15 is 0 Å². The van der Waals surface area contributed by atoms with Crippen molar-refractivity contribution in [2.75, 3.05) is 11.9 Å². The summed E-state index contributed by atoms with van der Waals surface area (Å²) >= 11 is 0. The normalized spacial score (nSPS) is 14.4. The van der Waals surface area contributed by atoms with E-state index in [9.17, 15) is 14.4 Å². The van der Waals surface area contributed by atoms with Gasteiger partial charge < -0.3 is 15.4 Å². The molecule has 0 spiro atoms. The van der Waals surface area contributed by atoms with Crippen molar-refractivity contribution in [1.82, 2.24) is 5.32 Å². The smallest absolute Gasteiger partial charge is 0.338 e. The van der Waals surface area contributed by atoms with Crippen LogP contribution >= 0.6 is 0 Å². The van der Waals surface area contributed by atoms with Crippen LogP contribution in [0.3, 0.4) is 0 Å². The first kappa shape index (κ1) is 25.5. The molecule has 0 aromatic heterocycles. The number of rotatable bonds is 12. The summed E-state index contributed by atoms with van der Waals surface area (Å²) in [6.07, 6.45) is 8.41. The molecule has 2 amide bonds. The van der Waals surface area contributed by atoms with Crippen molar-refractivity contribution in [3.63, 3.8) is 0 Å². The maximum Gasteiger partial charge on any atom is 0.338 e. The van der Waals surface area contributed by atoms with E-state index in [1.807, 2.05) is 37.3 Å². The van der Waals surface area contributed by atoms with Gasteiger partial charge in [-0.05, 0) is 48.6 Å². The maximum atomic E-state index is 13.1. The molecule has 0 bridgehead atoms. The Bertz CT molecular complexity index is 921. The average Bonchev–Trinajstić information content (AvgIpc) is 3.37. The lowest BCUT2D eigenvalue weighted by Crippen LogP contribution is -2.45. The molecule has 2 aromatic rings. The van der Waals surface area contributed by atoms with Gasteiger partial charge in [0.25, 0.3) is 0 Å². The van der Waals surface area contributed by atoms with E-state index < -0.39 is 6.04 Å². The summed E-state index contributed by atoms with van der Waals surface area (Å²) in [5, 5.41) is 5.82. The van der Waals surface area contributed by atoms with Gasteiger partial charge in [-0.25, -0.2) is 4.79 Å². The maximum absolute atomic E-state index is 13.1. The highest BCUT2D eigenvalue weighted by Crippen LogP contribution is 2.28. The zero-order valence-electron chi connectivity index (χ0n) is 20.1. The number of esters is 1. The van der Waals surface area contributed by atoms with Crippen molar-refractivity contribution in [3.8, 4) is 0 Å². The van der Waals surface area contributed by atoms with E-state index in [1.54, 1.807) is 24.3 Å². The standard InChI is InChI=1S/C28H36N2O4/c1-2-3-19-34-28(33)23-14-16-24(17-15-23)29-27(32)25(20-22-11-5-4-6-12-22)30-26(31)18-13-21-9-7-8-10-21/h4-6,11-12,14-17,21,25H,2-3,7-10,13,18-20H2,1H3,(H,29,32)(H,30,31). The molecule has 1 fully saturated rings. The highest BCUT2D eigenvalue weighted by atomic mass is 16.5. The quantitative estimate of drug-likeness (QED) is 0.331. The summed E-state index contributed by atoms with van der Waals surface area (Å²) in [4.78, 5) is 37.8. The number of carbonyl (C=O) groups excluding carboxylic acids is 3. The number of hydrogen-bond acceptors (Lipinski definition) is 4. The zero-order valence-corrected chi connectivity index (χ0v) is 20.1. The second kappa shape index (κ2) is 13.5. The molecule has 1 saturated carbocycles. The third-order valence-corrected chi connectivity index (χ3v) is 6.31. The van der Waals surface area contributed by atoms with Crippen molar-refractivity contribution in [2.45, 2.75) is 70.8 Å². The molecule has 34 heavy (non-hydrogen) atoms. The Hall–Kier alpha value is -3.15. The Morgan fingerprint density at radius 1 is 1.00 bits per heavy atom. The van der Waals surface area contributed by atoms with Crippen molar-refractivity contribution in [3.05, 3.63) is 65.7 Å². The van der Waals surface area contributed by atoms with Crippen LogP contribution in [0.1, 0.15) is 74.2 Å². The number of benzene rings is 2. The van der Waals surface area contributed by atoms with Crippen LogP contribution in [-0.2, 0) is 20.7 Å². The predicted molar refractivity (Wildman–Crippen MR) is 134 cm³/mol. The fraction of sp³-hybridized carbons (Fsp3) is 0.464. The molecule has 0 heterocycles. The summed E-state index contributed by atoms with van der Waals surface area (Å²) in [6, 6.07) is 15.6. The summed E-state index contributed by atoms with van der Waals surface area (Å²) < 4.78 is 5.22. The Morgan fingerprint density at radius 3 is 2.38 bits per heavy atom. The SMILES string of the molecule is CCCCOC(=O)c1ccc(NC(=O)C(Cc2ccccc2)NC(=O)CCC2CCCC2)cc1. The largest absolute Gasteiger partial charge is 0.462 e. The van der Waals surface area contributed by atoms with Crippen LogP contribution in [0.15, 0.2) is 54.6 Å². The van der Waals surface area contributed by atoms with Gasteiger partial charge in [-0.3, -0.25) is 9.59 Å². The highest BCUT2D eigenvalue weighted by Gasteiger charge is 2.23. The van der Waals surface area contributed by atoms with E-state index in [-0.39, 0.29) is 17.8 Å². The van der Waals surface area contributed by atoms with E-state index in [2.05, 4.69) is 10.6 Å². The van der Waals surface area contributed by atoms with Crippen LogP contribution < -0.4 is 10.6 Å². The third-order valence-electron chi connectivity index (χ3n) is 6.31. The van der Waals surface area contributed by atoms with Crippen molar-refractivity contribution in [1.29, 1.82) is 0 Å². The van der Waals surface area contributed by atoms with Crippen molar-refractivity contribution >= 4 is 23.5 Å². The number of anilines is 1. The van der Waals surface area contributed by atoms with Crippen LogP contribution in [0.4, 0.5) is 5.69 Å². The molecule has 182 valence electrons. The fourth-order valence-electron chi connectivity index (χ4n) is 4.27. The number of hydrogen-bond donors (Lipinski definition) is 2. The van der Waals surface area contributed by atoms with Gasteiger partial charge >= 0.3 is 5.97 Å². The minimum atomic E-state index is -0.683. The number of amides is 2. The molecule has 1 aliphatic carbocycles. The fourth-order valence-corrected chi connectivity index (χ4v) is 4.27. The molecule has 0 aliphatic heterocycles. The van der Waals surface area contributed by atoms with Gasteiger partial charge in [0.05, 0.1) is 12.2 Å². The number of ether oxygens (including phenoxy) is 1. The van der Waals surface area contributed by atoms with Gasteiger partial charge in [0.1, 0.15) is 6.04 Å². The van der Waals surface area contributed by atoms with Gasteiger partial charge in [0.15, 0.2) is 0 Å². The van der Waals surface area contributed by atoms with E-state index in [1.165, 1.54) is 25.7 Å². The highest BCUT2D eigenvalue weighted by molar-refractivity contribution is 5.98. The van der Waals surface area contributed by atoms with Crippen molar-refractivity contribution in [2.24, 2.45) is 5.92 Å². The second-order valence-corrected chi connectivity index (χ2v) is 9.06. The zero-order chi connectivity index (χ0) is 24.2. The Labute approximate surface area is 202 Å². The topological polar surface area (TPSA) is 84.5 Å². The molecule has 2 aromatic carbocycles. The monoisotopic (exact) mass is 464 g/mol. The van der Waals surface area contributed by atoms with E-state index in [4.69, 9.17) is 4.74 Å². The summed E-state index contributed by atoms with van der Waals surface area (Å²) in [6.45, 7) is 2.43. The number of nitrogens with one attached hydrogen (secondary N) is 2. The van der Waals surface area contributed by atoms with Crippen molar-refractivity contribution < 1.29 is 19.1 Å². The first-order valence-electron chi connectivity index (χ1n) is 12.5. The molecule has 1 unspecified atom stereocenters. The van der Waals surface area contributed by atoms with Gasteiger partial charge in [-0.2, -0.15) is 0 Å². The van der Waals surface area contributed by atoms with Crippen LogP contribution in [0.5, 0.6) is 0 Å². The first-order chi connectivity index (χ1) is 16.5. The molecule has 6 nitrogen and oxygen atoms in total. The molecule has 0 saturated heterocycles. The number of carbonyl (C=O) groups is 3. The van der Waals surface area contributed by atoms with Crippen LogP contribution in [0.2, 0.25) is 0 Å². The summed E-state index contributed by atoms with van der Waals surface area (Å²) in [5.41, 5.74) is 1.98. The molecule has 3 rings (SSSR count). The third kappa shape index (κ3) is 8.32. The second-order valence-electron chi connectivity index (χ2n) is 9.06. The lowest BCUT2D eigenvalue weighted by molar-refractivity contribution is -0.126. The average molecular weight is 465 g/mol. The van der Waals surface area contributed by atoms with Crippen LogP contribution in [0.25, 0.3) is 0 Å². The van der Waals surface area contributed by atoms with Crippen LogP contribution in [0, 0.1) is 5.92 Å². The minimum Gasteiger partial charge on any atom is -0.462 e. The van der Waals surface area contributed by atoms with E-state index in [0.717, 1.165) is 24.8 Å². The predicted octanol–water partition coefficient (Wildman–Crippen LogP) is 5.28. The molecule has 0 radical (unpaired) electrons.